The number of rotatable bonds is 4. The fraction of sp³-hybridized carbons (Fsp3) is 1.00. The fourth-order valence-electron chi connectivity index (χ4n) is 0.327. The summed E-state index contributed by atoms with van der Waals surface area (Å²) in [5.41, 5.74) is 9.81. The molecule has 0 fully saturated rings. The van der Waals surface area contributed by atoms with Crippen LogP contribution in [0, 0.1) is 0 Å². The Morgan fingerprint density at radius 1 is 1.25 bits per heavy atom. The molecule has 0 saturated carbocycles. The molecule has 0 spiro atoms. The van der Waals surface area contributed by atoms with Gasteiger partial charge in [-0.1, -0.05) is 13.3 Å². The lowest BCUT2D eigenvalue weighted by atomic mass is 10.4. The zero-order valence-corrected chi connectivity index (χ0v) is 8.18. The summed E-state index contributed by atoms with van der Waals surface area (Å²) in [7, 11) is -3.69. The smallest absolute Gasteiger partial charge is 0.264 e. The highest BCUT2D eigenvalue weighted by Gasteiger charge is 2.00. The van der Waals surface area contributed by atoms with Gasteiger partial charge in [0.2, 0.25) is 0 Å². The second-order valence-corrected chi connectivity index (χ2v) is 3.79. The molecule has 5 N–H and O–H groups in total. The summed E-state index contributed by atoms with van der Waals surface area (Å²) in [6.07, 6.45) is 1.33. The van der Waals surface area contributed by atoms with E-state index < -0.39 is 10.1 Å². The summed E-state index contributed by atoms with van der Waals surface area (Å²) in [6.45, 7) is 3.06. The minimum Gasteiger partial charge on any atom is -0.329 e. The molecular formula is C6H18N2O3S. The maximum atomic E-state index is 9.95. The van der Waals surface area contributed by atoms with Crippen LogP contribution in [0.25, 0.3) is 0 Å². The first kappa shape index (κ1) is 14.4. The molecule has 0 aliphatic heterocycles. The monoisotopic (exact) mass is 198 g/mol. The van der Waals surface area contributed by atoms with Gasteiger partial charge in [-0.2, -0.15) is 8.42 Å². The molecule has 5 nitrogen and oxygen atoms in total. The van der Waals surface area contributed by atoms with Crippen molar-refractivity contribution in [2.45, 2.75) is 19.8 Å². The molecule has 0 amide bonds. The van der Waals surface area contributed by atoms with Gasteiger partial charge in [-0.25, -0.2) is 0 Å². The van der Waals surface area contributed by atoms with Crippen molar-refractivity contribution in [3.05, 3.63) is 0 Å². The summed E-state index contributed by atoms with van der Waals surface area (Å²) >= 11 is 0. The van der Waals surface area contributed by atoms with Crippen LogP contribution in [-0.4, -0.2) is 31.8 Å². The van der Waals surface area contributed by atoms with E-state index in [1.807, 2.05) is 6.92 Å². The van der Waals surface area contributed by atoms with Gasteiger partial charge in [-0.15, -0.1) is 0 Å². The standard InChI is InChI=1S/C4H10O3S.C2H8N2/c1-2-3-4-8(5,6)7;3-1-2-4/h2-4H2,1H3,(H,5,6,7);1-4H2. The second-order valence-electron chi connectivity index (χ2n) is 2.22. The van der Waals surface area contributed by atoms with Crippen LogP contribution in [0.3, 0.4) is 0 Å². The quantitative estimate of drug-likeness (QED) is 0.532. The van der Waals surface area contributed by atoms with Crippen LogP contribution in [0.2, 0.25) is 0 Å². The van der Waals surface area contributed by atoms with E-state index in [1.165, 1.54) is 0 Å². The Hall–Kier alpha value is -0.170. The first-order chi connectivity index (χ1) is 5.47. The van der Waals surface area contributed by atoms with E-state index in [9.17, 15) is 8.42 Å². The Morgan fingerprint density at radius 2 is 1.67 bits per heavy atom. The predicted octanol–water partition coefficient (Wildman–Crippen LogP) is -0.422. The van der Waals surface area contributed by atoms with Crippen LogP contribution in [0.4, 0.5) is 0 Å². The third-order valence-corrected chi connectivity index (χ3v) is 1.73. The van der Waals surface area contributed by atoms with Crippen molar-refractivity contribution in [2.75, 3.05) is 18.8 Å². The topological polar surface area (TPSA) is 106 Å². The van der Waals surface area contributed by atoms with Crippen LogP contribution >= 0.6 is 0 Å². The summed E-state index contributed by atoms with van der Waals surface area (Å²) < 4.78 is 28.0. The van der Waals surface area contributed by atoms with Gasteiger partial charge in [-0.3, -0.25) is 4.55 Å². The van der Waals surface area contributed by atoms with Gasteiger partial charge in [0, 0.05) is 13.1 Å². The van der Waals surface area contributed by atoms with Crippen LogP contribution in [-0.2, 0) is 10.1 Å². The molecule has 12 heavy (non-hydrogen) atoms. The number of hydrogen-bond acceptors (Lipinski definition) is 4. The molecule has 0 unspecified atom stereocenters. The molecule has 0 bridgehead atoms. The Kier molecular flexibility index (Phi) is 10.7. The molecule has 0 aliphatic carbocycles. The van der Waals surface area contributed by atoms with Gasteiger partial charge in [0.15, 0.2) is 0 Å². The van der Waals surface area contributed by atoms with E-state index in [-0.39, 0.29) is 5.75 Å². The van der Waals surface area contributed by atoms with Crippen molar-refractivity contribution < 1.29 is 13.0 Å². The van der Waals surface area contributed by atoms with E-state index in [0.29, 0.717) is 19.5 Å². The van der Waals surface area contributed by atoms with Gasteiger partial charge in [-0.05, 0) is 6.42 Å². The second kappa shape index (κ2) is 8.92. The lowest BCUT2D eigenvalue weighted by Crippen LogP contribution is -2.11. The molecule has 0 saturated heterocycles. The van der Waals surface area contributed by atoms with E-state index in [2.05, 4.69) is 0 Å². The highest BCUT2D eigenvalue weighted by Crippen LogP contribution is 1.90. The highest BCUT2D eigenvalue weighted by atomic mass is 32.2. The third kappa shape index (κ3) is 22.5. The molecule has 0 heterocycles. The Labute approximate surface area is 73.9 Å². The van der Waals surface area contributed by atoms with Crippen LogP contribution in [0.15, 0.2) is 0 Å². The van der Waals surface area contributed by atoms with E-state index in [4.69, 9.17) is 16.0 Å². The predicted molar refractivity (Wildman–Crippen MR) is 49.4 cm³/mol. The van der Waals surface area contributed by atoms with Crippen molar-refractivity contribution in [1.82, 2.24) is 0 Å². The number of nitrogens with two attached hydrogens (primary N) is 2. The first-order valence-corrected chi connectivity index (χ1v) is 5.44. The maximum Gasteiger partial charge on any atom is 0.264 e. The normalized spacial score (nSPS) is 10.3. The highest BCUT2D eigenvalue weighted by molar-refractivity contribution is 7.85. The average Bonchev–Trinajstić information content (AvgIpc) is 2.00. The van der Waals surface area contributed by atoms with Crippen LogP contribution in [0.5, 0.6) is 0 Å². The average molecular weight is 198 g/mol. The molecule has 0 radical (unpaired) electrons. The molecule has 0 aromatic rings. The molecule has 0 aliphatic rings. The summed E-state index contributed by atoms with van der Waals surface area (Å²) in [5, 5.41) is 0. The van der Waals surface area contributed by atoms with Gasteiger partial charge in [0.25, 0.3) is 10.1 Å². The Morgan fingerprint density at radius 3 is 1.75 bits per heavy atom. The maximum absolute atomic E-state index is 9.95. The van der Waals surface area contributed by atoms with Crippen molar-refractivity contribution in [1.29, 1.82) is 0 Å². The van der Waals surface area contributed by atoms with E-state index >= 15 is 0 Å². The number of unbranched alkanes of at least 4 members (excludes halogenated alkanes) is 1. The lowest BCUT2D eigenvalue weighted by Gasteiger charge is -1.90. The molecule has 0 aromatic heterocycles. The van der Waals surface area contributed by atoms with Crippen molar-refractivity contribution in [2.24, 2.45) is 11.5 Å². The van der Waals surface area contributed by atoms with E-state index in [1.54, 1.807) is 0 Å². The molecule has 6 heteroatoms. The summed E-state index contributed by atoms with van der Waals surface area (Å²) in [6, 6.07) is 0. The zero-order valence-electron chi connectivity index (χ0n) is 7.36. The van der Waals surface area contributed by atoms with Gasteiger partial charge in [0.1, 0.15) is 0 Å². The Bertz CT molecular complexity index is 166. The van der Waals surface area contributed by atoms with E-state index in [0.717, 1.165) is 6.42 Å². The minimum absolute atomic E-state index is 0.108. The summed E-state index contributed by atoms with van der Waals surface area (Å²) in [4.78, 5) is 0. The molecule has 0 atom stereocenters. The molecular weight excluding hydrogens is 180 g/mol. The lowest BCUT2D eigenvalue weighted by molar-refractivity contribution is 0.480. The molecule has 76 valence electrons. The first-order valence-electron chi connectivity index (χ1n) is 3.83. The van der Waals surface area contributed by atoms with Crippen LogP contribution in [0.1, 0.15) is 19.8 Å². The Balaban J connectivity index is 0. The van der Waals surface area contributed by atoms with Crippen molar-refractivity contribution in [3.63, 3.8) is 0 Å². The van der Waals surface area contributed by atoms with Gasteiger partial charge >= 0.3 is 0 Å². The SMILES string of the molecule is CCCCS(=O)(=O)O.NCCN. The number of hydrogen-bond donors (Lipinski definition) is 3. The summed E-state index contributed by atoms with van der Waals surface area (Å²) in [5.74, 6) is -0.108. The third-order valence-electron chi connectivity index (χ3n) is 0.923. The molecule has 0 rings (SSSR count). The minimum atomic E-state index is -3.69. The van der Waals surface area contributed by atoms with Crippen molar-refractivity contribution in [3.8, 4) is 0 Å². The zero-order chi connectivity index (χ0) is 10.0. The van der Waals surface area contributed by atoms with Crippen LogP contribution < -0.4 is 11.5 Å². The largest absolute Gasteiger partial charge is 0.329 e. The van der Waals surface area contributed by atoms with Gasteiger partial charge < -0.3 is 11.5 Å². The van der Waals surface area contributed by atoms with Crippen molar-refractivity contribution >= 4 is 10.1 Å². The van der Waals surface area contributed by atoms with Gasteiger partial charge in [0.05, 0.1) is 5.75 Å². The fourth-order valence-corrected chi connectivity index (χ4v) is 0.980. The molecule has 0 aromatic carbocycles.